The van der Waals surface area contributed by atoms with Crippen molar-refractivity contribution in [3.8, 4) is 5.75 Å². The number of aliphatic hydroxyl groups is 1. The molecule has 0 bridgehead atoms. The van der Waals surface area contributed by atoms with E-state index in [-0.39, 0.29) is 6.10 Å². The van der Waals surface area contributed by atoms with E-state index < -0.39 is 0 Å². The van der Waals surface area contributed by atoms with E-state index in [9.17, 15) is 5.11 Å². The Labute approximate surface area is 89.4 Å². The quantitative estimate of drug-likeness (QED) is 0.820. The molecule has 1 aliphatic carbocycles. The lowest BCUT2D eigenvalue weighted by atomic mass is 10.1. The lowest BCUT2D eigenvalue weighted by Crippen LogP contribution is -1.93. The summed E-state index contributed by atoms with van der Waals surface area (Å²) >= 11 is 0. The molecule has 2 rings (SSSR count). The number of aliphatic hydroxyl groups excluding tert-OH is 1. The van der Waals surface area contributed by atoms with E-state index in [1.807, 2.05) is 25.3 Å². The Balaban J connectivity index is 2.21. The van der Waals surface area contributed by atoms with E-state index >= 15 is 0 Å². The van der Waals surface area contributed by atoms with Crippen LogP contribution in [0.2, 0.25) is 0 Å². The lowest BCUT2D eigenvalue weighted by molar-refractivity contribution is 0.223. The highest BCUT2D eigenvalue weighted by atomic mass is 16.5. The van der Waals surface area contributed by atoms with Gasteiger partial charge in [0.05, 0.1) is 18.9 Å². The zero-order chi connectivity index (χ0) is 10.7. The molecule has 1 heterocycles. The summed E-state index contributed by atoms with van der Waals surface area (Å²) in [7, 11) is 0. The number of allylic oxidation sites excluding steroid dienone is 1. The second-order valence-corrected chi connectivity index (χ2v) is 3.64. The van der Waals surface area contributed by atoms with Gasteiger partial charge in [-0.05, 0) is 37.0 Å². The minimum Gasteiger partial charge on any atom is -0.492 e. The third-order valence-corrected chi connectivity index (χ3v) is 2.50. The molecule has 0 spiro atoms. The molecule has 0 amide bonds. The third-order valence-electron chi connectivity index (χ3n) is 2.50. The van der Waals surface area contributed by atoms with Crippen LogP contribution in [0.3, 0.4) is 0 Å². The van der Waals surface area contributed by atoms with Crippen molar-refractivity contribution >= 4 is 5.57 Å². The van der Waals surface area contributed by atoms with Crippen molar-refractivity contribution in [2.75, 3.05) is 6.61 Å². The predicted octanol–water partition coefficient (Wildman–Crippen LogP) is 2.02. The SMILES string of the molecule is CCOc1cncc(C2=CC(O)CC2)c1. The predicted molar refractivity (Wildman–Crippen MR) is 58.6 cm³/mol. The maximum atomic E-state index is 9.41. The Morgan fingerprint density at radius 1 is 1.53 bits per heavy atom. The van der Waals surface area contributed by atoms with Crippen molar-refractivity contribution in [2.45, 2.75) is 25.9 Å². The van der Waals surface area contributed by atoms with Crippen molar-refractivity contribution in [1.29, 1.82) is 0 Å². The van der Waals surface area contributed by atoms with Crippen LogP contribution in [0, 0.1) is 0 Å². The van der Waals surface area contributed by atoms with Gasteiger partial charge in [0.2, 0.25) is 0 Å². The number of ether oxygens (including phenoxy) is 1. The molecule has 1 aromatic heterocycles. The molecular formula is C12H15NO2. The van der Waals surface area contributed by atoms with Crippen LogP contribution in [0.15, 0.2) is 24.5 Å². The summed E-state index contributed by atoms with van der Waals surface area (Å²) in [6.45, 7) is 2.60. The van der Waals surface area contributed by atoms with E-state index in [0.717, 1.165) is 29.7 Å². The second-order valence-electron chi connectivity index (χ2n) is 3.64. The zero-order valence-corrected chi connectivity index (χ0v) is 8.81. The van der Waals surface area contributed by atoms with Crippen LogP contribution in [-0.2, 0) is 0 Å². The van der Waals surface area contributed by atoms with Crippen LogP contribution in [0.25, 0.3) is 5.57 Å². The van der Waals surface area contributed by atoms with Gasteiger partial charge in [-0.3, -0.25) is 4.98 Å². The Morgan fingerprint density at radius 3 is 3.07 bits per heavy atom. The van der Waals surface area contributed by atoms with Crippen LogP contribution >= 0.6 is 0 Å². The van der Waals surface area contributed by atoms with Gasteiger partial charge >= 0.3 is 0 Å². The van der Waals surface area contributed by atoms with Crippen LogP contribution in [0.1, 0.15) is 25.3 Å². The monoisotopic (exact) mass is 205 g/mol. The molecule has 1 atom stereocenters. The van der Waals surface area contributed by atoms with Crippen LogP contribution < -0.4 is 4.74 Å². The topological polar surface area (TPSA) is 42.4 Å². The van der Waals surface area contributed by atoms with Gasteiger partial charge in [-0.15, -0.1) is 0 Å². The van der Waals surface area contributed by atoms with Crippen LogP contribution in [0.5, 0.6) is 5.75 Å². The molecule has 0 aromatic carbocycles. The maximum Gasteiger partial charge on any atom is 0.138 e. The van der Waals surface area contributed by atoms with Gasteiger partial charge in [0.1, 0.15) is 5.75 Å². The number of hydrogen-bond donors (Lipinski definition) is 1. The van der Waals surface area contributed by atoms with Gasteiger partial charge in [0, 0.05) is 6.20 Å². The average molecular weight is 205 g/mol. The fraction of sp³-hybridized carbons (Fsp3) is 0.417. The fourth-order valence-corrected chi connectivity index (χ4v) is 1.78. The van der Waals surface area contributed by atoms with E-state index in [1.165, 1.54) is 0 Å². The van der Waals surface area contributed by atoms with Crippen LogP contribution in [-0.4, -0.2) is 22.8 Å². The standard InChI is InChI=1S/C12H15NO2/c1-2-15-12-6-10(7-13-8-12)9-3-4-11(14)5-9/h5-8,11,14H,2-4H2,1H3. The van der Waals surface area contributed by atoms with Gasteiger partial charge in [0.25, 0.3) is 0 Å². The van der Waals surface area contributed by atoms with Crippen molar-refractivity contribution in [1.82, 2.24) is 4.98 Å². The average Bonchev–Trinajstić information content (AvgIpc) is 2.66. The molecule has 15 heavy (non-hydrogen) atoms. The van der Waals surface area contributed by atoms with Gasteiger partial charge in [-0.25, -0.2) is 0 Å². The Hall–Kier alpha value is -1.35. The lowest BCUT2D eigenvalue weighted by Gasteiger charge is -2.05. The van der Waals surface area contributed by atoms with Crippen molar-refractivity contribution in [3.63, 3.8) is 0 Å². The number of nitrogens with zero attached hydrogens (tertiary/aromatic N) is 1. The molecule has 0 aliphatic heterocycles. The molecule has 0 fully saturated rings. The largest absolute Gasteiger partial charge is 0.492 e. The molecule has 1 N–H and O–H groups in total. The first kappa shape index (κ1) is 10.2. The fourth-order valence-electron chi connectivity index (χ4n) is 1.78. The highest BCUT2D eigenvalue weighted by Gasteiger charge is 2.14. The molecule has 80 valence electrons. The minimum atomic E-state index is -0.296. The smallest absolute Gasteiger partial charge is 0.138 e. The van der Waals surface area contributed by atoms with Gasteiger partial charge in [0.15, 0.2) is 0 Å². The number of rotatable bonds is 3. The number of hydrogen-bond acceptors (Lipinski definition) is 3. The Kier molecular flexibility index (Phi) is 3.02. The van der Waals surface area contributed by atoms with E-state index in [2.05, 4.69) is 4.98 Å². The Morgan fingerprint density at radius 2 is 2.40 bits per heavy atom. The van der Waals surface area contributed by atoms with Crippen molar-refractivity contribution in [2.24, 2.45) is 0 Å². The first-order chi connectivity index (χ1) is 7.29. The van der Waals surface area contributed by atoms with E-state index in [0.29, 0.717) is 6.61 Å². The first-order valence-electron chi connectivity index (χ1n) is 5.26. The summed E-state index contributed by atoms with van der Waals surface area (Å²) < 4.78 is 5.38. The summed E-state index contributed by atoms with van der Waals surface area (Å²) in [6.07, 6.45) is 6.85. The van der Waals surface area contributed by atoms with Gasteiger partial charge < -0.3 is 9.84 Å². The van der Waals surface area contributed by atoms with Crippen molar-refractivity contribution < 1.29 is 9.84 Å². The zero-order valence-electron chi connectivity index (χ0n) is 8.81. The van der Waals surface area contributed by atoms with Crippen molar-refractivity contribution in [3.05, 3.63) is 30.1 Å². The molecule has 3 heteroatoms. The normalized spacial score (nSPS) is 20.1. The summed E-state index contributed by atoms with van der Waals surface area (Å²) in [5.41, 5.74) is 2.22. The highest BCUT2D eigenvalue weighted by Crippen LogP contribution is 2.29. The first-order valence-corrected chi connectivity index (χ1v) is 5.26. The second kappa shape index (κ2) is 4.45. The van der Waals surface area contributed by atoms with E-state index in [1.54, 1.807) is 6.20 Å². The molecule has 0 saturated carbocycles. The minimum absolute atomic E-state index is 0.296. The molecular weight excluding hydrogens is 190 g/mol. The van der Waals surface area contributed by atoms with Crippen LogP contribution in [0.4, 0.5) is 0 Å². The summed E-state index contributed by atoms with van der Waals surface area (Å²) in [5.74, 6) is 0.789. The summed E-state index contributed by atoms with van der Waals surface area (Å²) in [6, 6.07) is 1.97. The number of aromatic nitrogens is 1. The molecule has 3 nitrogen and oxygen atoms in total. The van der Waals surface area contributed by atoms with E-state index in [4.69, 9.17) is 4.74 Å². The van der Waals surface area contributed by atoms with Gasteiger partial charge in [-0.2, -0.15) is 0 Å². The number of pyridine rings is 1. The highest BCUT2D eigenvalue weighted by molar-refractivity contribution is 5.68. The molecule has 1 unspecified atom stereocenters. The van der Waals surface area contributed by atoms with Gasteiger partial charge in [-0.1, -0.05) is 6.08 Å². The third kappa shape index (κ3) is 2.36. The summed E-state index contributed by atoms with van der Waals surface area (Å²) in [4.78, 5) is 4.13. The molecule has 1 aromatic rings. The summed E-state index contributed by atoms with van der Waals surface area (Å²) in [5, 5.41) is 9.41. The molecule has 0 saturated heterocycles. The maximum absolute atomic E-state index is 9.41. The molecule has 1 aliphatic rings. The molecule has 0 radical (unpaired) electrons. The Bertz CT molecular complexity index is 374.